The monoisotopic (exact) mass is 199 g/mol. The number of hydrogen-bond donors (Lipinski definition) is 2. The van der Waals surface area contributed by atoms with E-state index in [0.717, 1.165) is 4.90 Å². The van der Waals surface area contributed by atoms with Crippen LogP contribution in [0, 0.1) is 5.41 Å². The molecular formula is C9H13NO4. The first kappa shape index (κ1) is 10.6. The van der Waals surface area contributed by atoms with E-state index < -0.39 is 23.5 Å². The third-order valence-corrected chi connectivity index (χ3v) is 2.75. The SMILES string of the molecule is C=C1CN(C(=O)O)C(C(=O)O)C1(C)C. The summed E-state index contributed by atoms with van der Waals surface area (Å²) >= 11 is 0. The molecule has 1 aliphatic heterocycles. The molecule has 0 radical (unpaired) electrons. The molecule has 1 amide bonds. The van der Waals surface area contributed by atoms with E-state index in [9.17, 15) is 9.59 Å². The maximum absolute atomic E-state index is 10.9. The lowest BCUT2D eigenvalue weighted by atomic mass is 9.81. The normalized spacial score (nSPS) is 25.1. The molecule has 0 aromatic heterocycles. The van der Waals surface area contributed by atoms with E-state index in [-0.39, 0.29) is 6.54 Å². The largest absolute Gasteiger partial charge is 0.480 e. The van der Waals surface area contributed by atoms with Gasteiger partial charge in [0.1, 0.15) is 6.04 Å². The molecule has 14 heavy (non-hydrogen) atoms. The first-order valence-electron chi connectivity index (χ1n) is 4.19. The summed E-state index contributed by atoms with van der Waals surface area (Å²) < 4.78 is 0. The van der Waals surface area contributed by atoms with Gasteiger partial charge in [0.2, 0.25) is 0 Å². The van der Waals surface area contributed by atoms with Crippen molar-refractivity contribution in [1.82, 2.24) is 4.90 Å². The highest BCUT2D eigenvalue weighted by Gasteiger charge is 2.49. The standard InChI is InChI=1S/C9H13NO4/c1-5-4-10(8(13)14)6(7(11)12)9(5,2)3/h6H,1,4H2,2-3H3,(H,11,12)(H,13,14). The number of carboxylic acid groups (broad SMARTS) is 2. The number of nitrogens with zero attached hydrogens (tertiary/aromatic N) is 1. The molecule has 1 fully saturated rings. The van der Waals surface area contributed by atoms with Gasteiger partial charge in [-0.15, -0.1) is 0 Å². The first-order valence-corrected chi connectivity index (χ1v) is 4.19. The molecular weight excluding hydrogens is 186 g/mol. The number of hydrogen-bond acceptors (Lipinski definition) is 2. The third-order valence-electron chi connectivity index (χ3n) is 2.75. The highest BCUT2D eigenvalue weighted by Crippen LogP contribution is 2.39. The van der Waals surface area contributed by atoms with E-state index in [2.05, 4.69) is 6.58 Å². The number of carboxylic acids is 1. The van der Waals surface area contributed by atoms with Crippen LogP contribution in [-0.4, -0.2) is 39.8 Å². The van der Waals surface area contributed by atoms with E-state index >= 15 is 0 Å². The molecule has 78 valence electrons. The van der Waals surface area contributed by atoms with Gasteiger partial charge in [0, 0.05) is 12.0 Å². The van der Waals surface area contributed by atoms with Crippen molar-refractivity contribution in [2.75, 3.05) is 6.54 Å². The van der Waals surface area contributed by atoms with Crippen LogP contribution in [0.25, 0.3) is 0 Å². The average Bonchev–Trinajstić information content (AvgIpc) is 2.23. The van der Waals surface area contributed by atoms with E-state index in [4.69, 9.17) is 10.2 Å². The van der Waals surface area contributed by atoms with Crippen molar-refractivity contribution in [3.8, 4) is 0 Å². The lowest BCUT2D eigenvalue weighted by molar-refractivity contribution is -0.144. The molecule has 1 atom stereocenters. The third kappa shape index (κ3) is 1.34. The van der Waals surface area contributed by atoms with Gasteiger partial charge in [0.25, 0.3) is 0 Å². The Hall–Kier alpha value is -1.52. The molecule has 2 N–H and O–H groups in total. The molecule has 1 heterocycles. The fraction of sp³-hybridized carbons (Fsp3) is 0.556. The zero-order chi connectivity index (χ0) is 11.1. The van der Waals surface area contributed by atoms with Crippen LogP contribution in [0.4, 0.5) is 4.79 Å². The van der Waals surface area contributed by atoms with Gasteiger partial charge in [-0.1, -0.05) is 20.4 Å². The topological polar surface area (TPSA) is 77.8 Å². The Morgan fingerprint density at radius 2 is 2.00 bits per heavy atom. The van der Waals surface area contributed by atoms with Crippen LogP contribution >= 0.6 is 0 Å². The smallest absolute Gasteiger partial charge is 0.408 e. The molecule has 0 aliphatic carbocycles. The summed E-state index contributed by atoms with van der Waals surface area (Å²) in [4.78, 5) is 22.6. The molecule has 5 nitrogen and oxygen atoms in total. The van der Waals surface area contributed by atoms with Crippen molar-refractivity contribution in [2.45, 2.75) is 19.9 Å². The Morgan fingerprint density at radius 3 is 2.29 bits per heavy atom. The van der Waals surface area contributed by atoms with Crippen molar-refractivity contribution in [3.05, 3.63) is 12.2 Å². The predicted molar refractivity (Wildman–Crippen MR) is 49.1 cm³/mol. The van der Waals surface area contributed by atoms with Gasteiger partial charge >= 0.3 is 12.1 Å². The van der Waals surface area contributed by atoms with Gasteiger partial charge in [-0.2, -0.15) is 0 Å². The summed E-state index contributed by atoms with van der Waals surface area (Å²) in [5, 5.41) is 17.7. The summed E-state index contributed by atoms with van der Waals surface area (Å²) in [6.07, 6.45) is -1.22. The Bertz CT molecular complexity index is 308. The van der Waals surface area contributed by atoms with Gasteiger partial charge in [-0.3, -0.25) is 4.90 Å². The summed E-state index contributed by atoms with van der Waals surface area (Å²) in [6, 6.07) is -1.03. The minimum absolute atomic E-state index is 0.0965. The van der Waals surface area contributed by atoms with Gasteiger partial charge in [-0.25, -0.2) is 9.59 Å². The second kappa shape index (κ2) is 3.01. The van der Waals surface area contributed by atoms with E-state index in [1.807, 2.05) is 0 Å². The number of amides is 1. The Kier molecular flexibility index (Phi) is 2.27. The molecule has 0 aromatic rings. The second-order valence-electron chi connectivity index (χ2n) is 3.98. The number of carbonyl (C=O) groups is 2. The van der Waals surface area contributed by atoms with Gasteiger partial charge in [0.15, 0.2) is 0 Å². The minimum Gasteiger partial charge on any atom is -0.480 e. The van der Waals surface area contributed by atoms with Crippen LogP contribution in [0.2, 0.25) is 0 Å². The van der Waals surface area contributed by atoms with E-state index in [0.29, 0.717) is 5.57 Å². The molecule has 0 aromatic carbocycles. The van der Waals surface area contributed by atoms with E-state index in [1.165, 1.54) is 0 Å². The predicted octanol–water partition coefficient (Wildman–Crippen LogP) is 1.02. The van der Waals surface area contributed by atoms with E-state index in [1.54, 1.807) is 13.8 Å². The van der Waals surface area contributed by atoms with Gasteiger partial charge < -0.3 is 10.2 Å². The molecule has 5 heteroatoms. The summed E-state index contributed by atoms with van der Waals surface area (Å²) in [5.41, 5.74) is -0.0724. The van der Waals surface area contributed by atoms with Crippen molar-refractivity contribution in [3.63, 3.8) is 0 Å². The minimum atomic E-state index is -1.22. The van der Waals surface area contributed by atoms with Crippen LogP contribution in [0.1, 0.15) is 13.8 Å². The molecule has 0 spiro atoms. The van der Waals surface area contributed by atoms with Crippen LogP contribution in [-0.2, 0) is 4.79 Å². The van der Waals surface area contributed by atoms with Gasteiger partial charge in [-0.05, 0) is 5.57 Å². The molecule has 0 bridgehead atoms. The van der Waals surface area contributed by atoms with Crippen LogP contribution in [0.15, 0.2) is 12.2 Å². The lowest BCUT2D eigenvalue weighted by Gasteiger charge is -2.27. The fourth-order valence-electron chi connectivity index (χ4n) is 1.70. The maximum atomic E-state index is 10.9. The zero-order valence-corrected chi connectivity index (χ0v) is 8.15. The molecule has 1 saturated heterocycles. The fourth-order valence-corrected chi connectivity index (χ4v) is 1.70. The highest BCUT2D eigenvalue weighted by atomic mass is 16.4. The lowest BCUT2D eigenvalue weighted by Crippen LogP contribution is -2.45. The summed E-state index contributed by atoms with van der Waals surface area (Å²) in [5.74, 6) is -1.13. The van der Waals surface area contributed by atoms with Crippen LogP contribution in [0.5, 0.6) is 0 Å². The Morgan fingerprint density at radius 1 is 1.50 bits per heavy atom. The van der Waals surface area contributed by atoms with Crippen molar-refractivity contribution in [1.29, 1.82) is 0 Å². The van der Waals surface area contributed by atoms with Crippen molar-refractivity contribution >= 4 is 12.1 Å². The van der Waals surface area contributed by atoms with Crippen molar-refractivity contribution in [2.24, 2.45) is 5.41 Å². The molecule has 1 unspecified atom stereocenters. The van der Waals surface area contributed by atoms with Crippen LogP contribution < -0.4 is 0 Å². The van der Waals surface area contributed by atoms with Crippen LogP contribution in [0.3, 0.4) is 0 Å². The summed E-state index contributed by atoms with van der Waals surface area (Å²) in [6.45, 7) is 7.18. The molecule has 1 aliphatic rings. The summed E-state index contributed by atoms with van der Waals surface area (Å²) in [7, 11) is 0. The van der Waals surface area contributed by atoms with Gasteiger partial charge in [0.05, 0.1) is 0 Å². The van der Waals surface area contributed by atoms with Crippen molar-refractivity contribution < 1.29 is 19.8 Å². The number of rotatable bonds is 1. The molecule has 0 saturated carbocycles. The Balaban J connectivity index is 3.10. The second-order valence-corrected chi connectivity index (χ2v) is 3.98. The number of likely N-dealkylation sites (tertiary alicyclic amines) is 1. The Labute approximate surface area is 81.6 Å². The molecule has 1 rings (SSSR count). The quantitative estimate of drug-likeness (QED) is 0.618. The number of aliphatic carboxylic acids is 1. The highest BCUT2D eigenvalue weighted by molar-refractivity contribution is 5.82. The maximum Gasteiger partial charge on any atom is 0.408 e. The first-order chi connectivity index (χ1) is 6.28. The zero-order valence-electron chi connectivity index (χ0n) is 8.15. The average molecular weight is 199 g/mol.